The lowest BCUT2D eigenvalue weighted by atomic mass is 10.2. The van der Waals surface area contributed by atoms with Gasteiger partial charge < -0.3 is 14.2 Å². The van der Waals surface area contributed by atoms with Crippen LogP contribution in [-0.2, 0) is 6.54 Å². The largest absolute Gasteiger partial charge is 0.466 e. The van der Waals surface area contributed by atoms with E-state index in [-0.39, 0.29) is 22.8 Å². The van der Waals surface area contributed by atoms with Crippen molar-refractivity contribution in [3.05, 3.63) is 58.7 Å². The van der Waals surface area contributed by atoms with E-state index in [4.69, 9.17) is 4.42 Å². The fourth-order valence-corrected chi connectivity index (χ4v) is 4.11. The van der Waals surface area contributed by atoms with Gasteiger partial charge in [-0.15, -0.1) is 6.58 Å². The summed E-state index contributed by atoms with van der Waals surface area (Å²) in [5.41, 5.74) is 1.78. The summed E-state index contributed by atoms with van der Waals surface area (Å²) >= 11 is 0. The topological polar surface area (TPSA) is 76.0 Å². The van der Waals surface area contributed by atoms with Gasteiger partial charge in [-0.25, -0.2) is 4.98 Å². The Kier molecular flexibility index (Phi) is 5.11. The molecule has 1 atom stereocenters. The molecule has 0 N–H and O–H groups in total. The van der Waals surface area contributed by atoms with Gasteiger partial charge in [-0.3, -0.25) is 18.6 Å². The first-order valence-electron chi connectivity index (χ1n) is 10.1. The number of nitrogens with zero attached hydrogens (tertiary/aromatic N) is 5. The van der Waals surface area contributed by atoms with Crippen LogP contribution in [0.3, 0.4) is 0 Å². The van der Waals surface area contributed by atoms with Gasteiger partial charge in [0, 0.05) is 43.6 Å². The Morgan fingerprint density at radius 2 is 2.13 bits per heavy atom. The van der Waals surface area contributed by atoms with Crippen LogP contribution in [0, 0.1) is 13.8 Å². The van der Waals surface area contributed by atoms with Gasteiger partial charge >= 0.3 is 0 Å². The van der Waals surface area contributed by atoms with Crippen molar-refractivity contribution >= 4 is 11.6 Å². The molecule has 4 rings (SSSR count). The van der Waals surface area contributed by atoms with Gasteiger partial charge in [0.15, 0.2) is 0 Å². The van der Waals surface area contributed by atoms with Crippen LogP contribution in [0.4, 0.5) is 0 Å². The number of carbonyl (C=O) groups is 1. The second-order valence-corrected chi connectivity index (χ2v) is 8.06. The molecule has 0 aromatic carbocycles. The molecule has 0 saturated carbocycles. The lowest BCUT2D eigenvalue weighted by Crippen LogP contribution is -2.34. The molecule has 30 heavy (non-hydrogen) atoms. The Balaban J connectivity index is 1.79. The van der Waals surface area contributed by atoms with E-state index in [1.807, 2.05) is 40.2 Å². The van der Waals surface area contributed by atoms with Crippen molar-refractivity contribution < 1.29 is 9.21 Å². The maximum Gasteiger partial charge on any atom is 0.295 e. The average molecular weight is 409 g/mol. The number of aryl methyl sites for hydroxylation is 2. The maximum atomic E-state index is 13.2. The fourth-order valence-electron chi connectivity index (χ4n) is 4.11. The van der Waals surface area contributed by atoms with E-state index in [9.17, 15) is 9.59 Å². The Labute approximate surface area is 175 Å². The van der Waals surface area contributed by atoms with Crippen LogP contribution < -0.4 is 5.56 Å². The zero-order chi connectivity index (χ0) is 21.6. The van der Waals surface area contributed by atoms with Crippen molar-refractivity contribution in [1.29, 1.82) is 0 Å². The normalized spacial score (nSPS) is 16.7. The number of amides is 1. The highest BCUT2D eigenvalue weighted by atomic mass is 16.3. The summed E-state index contributed by atoms with van der Waals surface area (Å²) < 4.78 is 8.92. The Bertz CT molecular complexity index is 1180. The van der Waals surface area contributed by atoms with Crippen molar-refractivity contribution in [2.24, 2.45) is 0 Å². The van der Waals surface area contributed by atoms with Gasteiger partial charge in [0.25, 0.3) is 11.5 Å². The quantitative estimate of drug-likeness (QED) is 0.605. The zero-order valence-electron chi connectivity index (χ0n) is 17.9. The minimum Gasteiger partial charge on any atom is -0.466 e. The molecule has 8 heteroatoms. The molecule has 0 radical (unpaired) electrons. The molecule has 0 aliphatic carbocycles. The standard InChI is InChI=1S/C22H27N5O3/c1-6-8-27-19(17-10-14(2)30-15(17)3)13-26-12-18(23-20(26)22(27)29)21(28)25-9-7-16(11-25)24(4)5/h6,10,12-13,16H,1,7-9,11H2,2-5H3/t16-/m0/s1. The summed E-state index contributed by atoms with van der Waals surface area (Å²) in [4.78, 5) is 34.5. The molecule has 4 heterocycles. The molecule has 1 aliphatic rings. The van der Waals surface area contributed by atoms with Gasteiger partial charge in [-0.1, -0.05) is 6.08 Å². The molecule has 3 aromatic rings. The molecule has 3 aromatic heterocycles. The summed E-state index contributed by atoms with van der Waals surface area (Å²) in [6, 6.07) is 2.25. The molecule has 1 amide bonds. The van der Waals surface area contributed by atoms with Crippen LogP contribution in [0.25, 0.3) is 16.9 Å². The number of aromatic nitrogens is 3. The third-order valence-electron chi connectivity index (χ3n) is 5.75. The first kappa shape index (κ1) is 20.2. The minimum absolute atomic E-state index is 0.144. The van der Waals surface area contributed by atoms with E-state index in [0.29, 0.717) is 31.4 Å². The van der Waals surface area contributed by atoms with Crippen LogP contribution in [0.5, 0.6) is 0 Å². The first-order chi connectivity index (χ1) is 14.3. The summed E-state index contributed by atoms with van der Waals surface area (Å²) in [5.74, 6) is 1.35. The summed E-state index contributed by atoms with van der Waals surface area (Å²) in [6.45, 7) is 9.20. The number of hydrogen-bond acceptors (Lipinski definition) is 5. The molecular formula is C22H27N5O3. The molecular weight excluding hydrogens is 382 g/mol. The SMILES string of the molecule is C=CCn1c(-c2cc(C)oc2C)cn2cc(C(=O)N3CC[C@H](N(C)C)C3)nc2c1=O. The predicted octanol–water partition coefficient (Wildman–Crippen LogP) is 2.33. The monoisotopic (exact) mass is 409 g/mol. The van der Waals surface area contributed by atoms with E-state index in [1.165, 1.54) is 0 Å². The number of hydrogen-bond donors (Lipinski definition) is 0. The molecule has 1 fully saturated rings. The van der Waals surface area contributed by atoms with E-state index in [0.717, 1.165) is 23.5 Å². The lowest BCUT2D eigenvalue weighted by Gasteiger charge is -2.19. The molecule has 1 aliphatic heterocycles. The average Bonchev–Trinajstić information content (AvgIpc) is 3.41. The van der Waals surface area contributed by atoms with Crippen molar-refractivity contribution in [3.63, 3.8) is 0 Å². The van der Waals surface area contributed by atoms with Crippen molar-refractivity contribution in [1.82, 2.24) is 23.8 Å². The minimum atomic E-state index is -0.266. The number of allylic oxidation sites excluding steroid dienone is 1. The first-order valence-corrected chi connectivity index (χ1v) is 10.1. The van der Waals surface area contributed by atoms with Crippen LogP contribution in [-0.4, -0.2) is 62.9 Å². The summed E-state index contributed by atoms with van der Waals surface area (Å²) in [7, 11) is 4.04. The van der Waals surface area contributed by atoms with Crippen molar-refractivity contribution in [2.45, 2.75) is 32.9 Å². The second kappa shape index (κ2) is 7.60. The van der Waals surface area contributed by atoms with Crippen LogP contribution >= 0.6 is 0 Å². The van der Waals surface area contributed by atoms with Crippen LogP contribution in [0.15, 0.2) is 40.3 Å². The molecule has 0 unspecified atom stereocenters. The van der Waals surface area contributed by atoms with E-state index >= 15 is 0 Å². The molecule has 158 valence electrons. The van der Waals surface area contributed by atoms with Gasteiger partial charge in [-0.2, -0.15) is 0 Å². The van der Waals surface area contributed by atoms with E-state index in [1.54, 1.807) is 26.1 Å². The van der Waals surface area contributed by atoms with E-state index in [2.05, 4.69) is 16.5 Å². The van der Waals surface area contributed by atoms with Gasteiger partial charge in [0.2, 0.25) is 5.65 Å². The smallest absolute Gasteiger partial charge is 0.295 e. The summed E-state index contributed by atoms with van der Waals surface area (Å²) in [5, 5.41) is 0. The maximum absolute atomic E-state index is 13.2. The van der Waals surface area contributed by atoms with Crippen LogP contribution in [0.1, 0.15) is 28.4 Å². The number of fused-ring (bicyclic) bond motifs is 1. The Morgan fingerprint density at radius 1 is 1.37 bits per heavy atom. The molecule has 0 spiro atoms. The molecule has 1 saturated heterocycles. The van der Waals surface area contributed by atoms with Crippen molar-refractivity contribution in [2.75, 3.05) is 27.2 Å². The number of imidazole rings is 1. The van der Waals surface area contributed by atoms with Gasteiger partial charge in [0.05, 0.1) is 5.69 Å². The Hall–Kier alpha value is -3.13. The van der Waals surface area contributed by atoms with E-state index < -0.39 is 0 Å². The highest BCUT2D eigenvalue weighted by molar-refractivity contribution is 5.93. The zero-order valence-corrected chi connectivity index (χ0v) is 17.9. The highest BCUT2D eigenvalue weighted by Gasteiger charge is 2.29. The number of likely N-dealkylation sites (tertiary alicyclic amines) is 1. The third-order valence-corrected chi connectivity index (χ3v) is 5.75. The lowest BCUT2D eigenvalue weighted by molar-refractivity contribution is 0.0778. The third kappa shape index (κ3) is 3.37. The van der Waals surface area contributed by atoms with Crippen LogP contribution in [0.2, 0.25) is 0 Å². The molecule has 0 bridgehead atoms. The molecule has 8 nitrogen and oxygen atoms in total. The second-order valence-electron chi connectivity index (χ2n) is 8.06. The number of rotatable bonds is 5. The van der Waals surface area contributed by atoms with Gasteiger partial charge in [0.1, 0.15) is 17.2 Å². The predicted molar refractivity (Wildman–Crippen MR) is 115 cm³/mol. The number of likely N-dealkylation sites (N-methyl/N-ethyl adjacent to an activating group) is 1. The van der Waals surface area contributed by atoms with Crippen molar-refractivity contribution in [3.8, 4) is 11.3 Å². The number of furan rings is 1. The Morgan fingerprint density at radius 3 is 2.73 bits per heavy atom. The van der Waals surface area contributed by atoms with Gasteiger partial charge in [-0.05, 0) is 40.4 Å². The fraction of sp³-hybridized carbons (Fsp3) is 0.409. The highest BCUT2D eigenvalue weighted by Crippen LogP contribution is 2.26. The summed E-state index contributed by atoms with van der Waals surface area (Å²) in [6.07, 6.45) is 6.08. The number of carbonyl (C=O) groups excluding carboxylic acids is 1.